The molecule has 2 atom stereocenters. The number of hydroxylamine groups is 2. The van der Waals surface area contributed by atoms with E-state index < -0.39 is 8.32 Å². The average Bonchev–Trinajstić information content (AvgIpc) is 2.59. The van der Waals surface area contributed by atoms with Gasteiger partial charge < -0.3 is 4.53 Å². The molecular weight excluding hydrogens is 230 g/mol. The van der Waals surface area contributed by atoms with E-state index in [0.717, 1.165) is 6.42 Å². The van der Waals surface area contributed by atoms with Crippen molar-refractivity contribution in [2.75, 3.05) is 0 Å². The Kier molecular flexibility index (Phi) is 3.68. The van der Waals surface area contributed by atoms with E-state index in [9.17, 15) is 0 Å². The van der Waals surface area contributed by atoms with Crippen molar-refractivity contribution < 1.29 is 9.36 Å². The van der Waals surface area contributed by atoms with Gasteiger partial charge in [0.25, 0.3) is 0 Å². The zero-order valence-electron chi connectivity index (χ0n) is 11.0. The van der Waals surface area contributed by atoms with Gasteiger partial charge in [-0.2, -0.15) is 0 Å². The fourth-order valence-electron chi connectivity index (χ4n) is 1.91. The third-order valence-electron chi connectivity index (χ3n) is 2.68. The van der Waals surface area contributed by atoms with Crippen molar-refractivity contribution in [1.82, 2.24) is 5.23 Å². The summed E-state index contributed by atoms with van der Waals surface area (Å²) in [5.74, 6) is 0. The molecule has 0 N–H and O–H groups in total. The Morgan fingerprint density at radius 3 is 2.47 bits per heavy atom. The van der Waals surface area contributed by atoms with Gasteiger partial charge in [0.2, 0.25) is 8.32 Å². The van der Waals surface area contributed by atoms with Gasteiger partial charge >= 0.3 is 0 Å². The van der Waals surface area contributed by atoms with E-state index in [-0.39, 0.29) is 6.10 Å². The fraction of sp³-hybridized carbons (Fsp3) is 0.538. The molecule has 1 aromatic rings. The van der Waals surface area contributed by atoms with Crippen LogP contribution >= 0.6 is 0 Å². The van der Waals surface area contributed by atoms with Gasteiger partial charge in [-0.25, -0.2) is 0 Å². The van der Waals surface area contributed by atoms with Gasteiger partial charge in [0.1, 0.15) is 6.10 Å². The Bertz CT molecular complexity index is 363. The van der Waals surface area contributed by atoms with E-state index in [4.69, 9.17) is 9.36 Å². The lowest BCUT2D eigenvalue weighted by atomic mass is 10.0. The molecule has 2 unspecified atom stereocenters. The summed E-state index contributed by atoms with van der Waals surface area (Å²) in [6, 6.07) is 10.6. The Balaban J connectivity index is 2.02. The number of rotatable bonds is 3. The van der Waals surface area contributed by atoms with Gasteiger partial charge in [-0.15, -0.1) is 0 Å². The number of hydrogen-bond acceptors (Lipinski definition) is 3. The van der Waals surface area contributed by atoms with Gasteiger partial charge in [0.05, 0.1) is 6.04 Å². The summed E-state index contributed by atoms with van der Waals surface area (Å²) in [5, 5.41) is 1.71. The molecule has 0 spiro atoms. The highest BCUT2D eigenvalue weighted by Gasteiger charge is 2.35. The second-order valence-corrected chi connectivity index (χ2v) is 9.99. The maximum absolute atomic E-state index is 5.91. The molecule has 17 heavy (non-hydrogen) atoms. The zero-order chi connectivity index (χ0) is 12.5. The molecule has 94 valence electrons. The number of hydrogen-bond donors (Lipinski definition) is 0. The summed E-state index contributed by atoms with van der Waals surface area (Å²) in [6.07, 6.45) is 1.11. The lowest BCUT2D eigenvalue weighted by Gasteiger charge is -2.27. The third-order valence-corrected chi connectivity index (χ3v) is 3.41. The molecule has 1 aliphatic heterocycles. The summed E-state index contributed by atoms with van der Waals surface area (Å²) in [6.45, 7) is 8.64. The Morgan fingerprint density at radius 1 is 1.24 bits per heavy atom. The minimum absolute atomic E-state index is 0.127. The molecule has 4 heteroatoms. The predicted molar refractivity (Wildman–Crippen MR) is 70.6 cm³/mol. The molecular formula is C13H21NO2Si. The normalized spacial score (nSPS) is 26.4. The lowest BCUT2D eigenvalue weighted by Crippen LogP contribution is -2.38. The monoisotopic (exact) mass is 251 g/mol. The van der Waals surface area contributed by atoms with Crippen LogP contribution < -0.4 is 0 Å². The van der Waals surface area contributed by atoms with Crippen LogP contribution in [0.4, 0.5) is 0 Å². The molecule has 1 aliphatic rings. The van der Waals surface area contributed by atoms with Gasteiger partial charge in [-0.05, 0) is 38.5 Å². The minimum atomic E-state index is -1.59. The molecule has 0 amide bonds. The molecule has 0 radical (unpaired) electrons. The summed E-state index contributed by atoms with van der Waals surface area (Å²) in [5.41, 5.74) is 1.22. The Labute approximate surface area is 104 Å². The molecule has 2 rings (SSSR count). The second kappa shape index (κ2) is 4.90. The van der Waals surface area contributed by atoms with Crippen LogP contribution in [-0.2, 0) is 9.36 Å². The lowest BCUT2D eigenvalue weighted by molar-refractivity contribution is -0.325. The highest BCUT2D eigenvalue weighted by atomic mass is 28.4. The summed E-state index contributed by atoms with van der Waals surface area (Å²) < 4.78 is 5.91. The summed E-state index contributed by atoms with van der Waals surface area (Å²) in [4.78, 5) is 5.88. The smallest absolute Gasteiger partial charge is 0.215 e. The first-order valence-electron chi connectivity index (χ1n) is 6.16. The first-order chi connectivity index (χ1) is 7.96. The molecule has 0 aliphatic carbocycles. The largest absolute Gasteiger partial charge is 0.321 e. The molecule has 1 fully saturated rings. The maximum Gasteiger partial charge on any atom is 0.215 e. The van der Waals surface area contributed by atoms with E-state index in [1.807, 2.05) is 18.2 Å². The molecule has 0 aromatic heterocycles. The second-order valence-electron chi connectivity index (χ2n) is 5.58. The van der Waals surface area contributed by atoms with Crippen LogP contribution in [-0.4, -0.2) is 19.6 Å². The first kappa shape index (κ1) is 12.8. The molecule has 0 saturated carbocycles. The van der Waals surface area contributed by atoms with Gasteiger partial charge in [0.15, 0.2) is 0 Å². The summed E-state index contributed by atoms with van der Waals surface area (Å²) >= 11 is 0. The van der Waals surface area contributed by atoms with Crippen molar-refractivity contribution in [3.05, 3.63) is 35.9 Å². The fourth-order valence-corrected chi connectivity index (χ4v) is 2.68. The van der Waals surface area contributed by atoms with Crippen LogP contribution in [0.3, 0.4) is 0 Å². The van der Waals surface area contributed by atoms with Crippen molar-refractivity contribution in [2.45, 2.75) is 45.1 Å². The van der Waals surface area contributed by atoms with E-state index >= 15 is 0 Å². The van der Waals surface area contributed by atoms with E-state index in [1.165, 1.54) is 5.56 Å². The van der Waals surface area contributed by atoms with E-state index in [2.05, 4.69) is 38.7 Å². The van der Waals surface area contributed by atoms with Gasteiger partial charge in [-0.3, -0.25) is 4.84 Å². The van der Waals surface area contributed by atoms with Crippen molar-refractivity contribution in [2.24, 2.45) is 0 Å². The van der Waals surface area contributed by atoms with E-state index in [1.54, 1.807) is 5.23 Å². The SMILES string of the molecule is CC1CC(c2ccccc2)ON1O[Si](C)(C)C. The van der Waals surface area contributed by atoms with Crippen LogP contribution in [0, 0.1) is 0 Å². The van der Waals surface area contributed by atoms with E-state index in [0.29, 0.717) is 6.04 Å². The topological polar surface area (TPSA) is 21.7 Å². The standard InChI is InChI=1S/C13H21NO2Si/c1-11-10-13(12-8-6-5-7-9-12)15-14(11)16-17(2,3)4/h5-9,11,13H,10H2,1-4H3. The zero-order valence-corrected chi connectivity index (χ0v) is 12.0. The number of benzene rings is 1. The van der Waals surface area contributed by atoms with Gasteiger partial charge in [0, 0.05) is 0 Å². The van der Waals surface area contributed by atoms with Crippen LogP contribution in [0.5, 0.6) is 0 Å². The summed E-state index contributed by atoms with van der Waals surface area (Å²) in [7, 11) is -1.59. The van der Waals surface area contributed by atoms with Crippen molar-refractivity contribution >= 4 is 8.32 Å². The van der Waals surface area contributed by atoms with Crippen molar-refractivity contribution in [1.29, 1.82) is 0 Å². The van der Waals surface area contributed by atoms with Crippen LogP contribution in [0.15, 0.2) is 30.3 Å². The van der Waals surface area contributed by atoms with Crippen LogP contribution in [0.2, 0.25) is 19.6 Å². The van der Waals surface area contributed by atoms with Crippen molar-refractivity contribution in [3.63, 3.8) is 0 Å². The molecule has 1 saturated heterocycles. The third kappa shape index (κ3) is 3.39. The Hall–Kier alpha value is -0.683. The van der Waals surface area contributed by atoms with Gasteiger partial charge in [-0.1, -0.05) is 35.6 Å². The molecule has 1 aromatic carbocycles. The highest BCUT2D eigenvalue weighted by Crippen LogP contribution is 2.33. The average molecular weight is 251 g/mol. The first-order valence-corrected chi connectivity index (χ1v) is 9.56. The maximum atomic E-state index is 5.91. The van der Waals surface area contributed by atoms with Crippen LogP contribution in [0.1, 0.15) is 25.0 Å². The molecule has 0 bridgehead atoms. The minimum Gasteiger partial charge on any atom is -0.321 e. The predicted octanol–water partition coefficient (Wildman–Crippen LogP) is 3.52. The van der Waals surface area contributed by atoms with Crippen LogP contribution in [0.25, 0.3) is 0 Å². The molecule has 3 nitrogen and oxygen atoms in total. The highest BCUT2D eigenvalue weighted by molar-refractivity contribution is 6.69. The number of nitrogens with zero attached hydrogens (tertiary/aromatic N) is 1. The quantitative estimate of drug-likeness (QED) is 0.767. The Morgan fingerprint density at radius 2 is 1.88 bits per heavy atom. The molecule has 1 heterocycles. The van der Waals surface area contributed by atoms with Crippen molar-refractivity contribution in [3.8, 4) is 0 Å².